The van der Waals surface area contributed by atoms with Crippen LogP contribution in [0.4, 0.5) is 0 Å². The number of quaternary nitrogens is 1. The first-order chi connectivity index (χ1) is 14.9. The number of methoxy groups -OCH3 is 3. The molecule has 3 aliphatic rings. The zero-order valence-electron chi connectivity index (χ0n) is 17.9. The molecule has 0 aromatic heterocycles. The Bertz CT molecular complexity index is 1080. The summed E-state index contributed by atoms with van der Waals surface area (Å²) in [5, 5.41) is 0. The molecule has 8 nitrogen and oxygen atoms in total. The van der Waals surface area contributed by atoms with Gasteiger partial charge in [-0.1, -0.05) is 6.07 Å². The zero-order chi connectivity index (χ0) is 21.9. The molecule has 2 aromatic carbocycles. The smallest absolute Gasteiger partial charge is 0.481 e. The fourth-order valence-corrected chi connectivity index (χ4v) is 4.93. The number of carbonyl (C=O) groups is 1. The van der Waals surface area contributed by atoms with Gasteiger partial charge in [0.15, 0.2) is 29.1 Å². The fourth-order valence-electron chi connectivity index (χ4n) is 4.93. The Hall–Kier alpha value is -3.07. The number of fused-ring (bicyclic) bond motifs is 3. The number of carbonyl (C=O) groups excluding carboxylic acids is 1. The monoisotopic (exact) mass is 424 g/mol. The molecule has 0 bridgehead atoms. The Morgan fingerprint density at radius 3 is 2.58 bits per heavy atom. The third-order valence-electron chi connectivity index (χ3n) is 6.35. The molecular weight excluding hydrogens is 401 g/mol. The Kier molecular flexibility index (Phi) is 4.48. The van der Waals surface area contributed by atoms with Gasteiger partial charge in [0.1, 0.15) is 11.6 Å². The maximum Gasteiger partial charge on any atom is 0.481 e. The summed E-state index contributed by atoms with van der Waals surface area (Å²) in [4.78, 5) is 12.9. The predicted molar refractivity (Wildman–Crippen MR) is 110 cm³/mol. The average molecular weight is 424 g/mol. The second kappa shape index (κ2) is 6.98. The van der Waals surface area contributed by atoms with Crippen molar-refractivity contribution in [3.05, 3.63) is 40.5 Å². The first kappa shape index (κ1) is 19.9. The summed E-state index contributed by atoms with van der Waals surface area (Å²) in [6, 6.07) is 5.16. The van der Waals surface area contributed by atoms with Crippen molar-refractivity contribution in [1.29, 1.82) is 0 Å². The highest BCUT2D eigenvalue weighted by atomic mass is 16.7. The number of ether oxygens (including phenoxy) is 6. The van der Waals surface area contributed by atoms with E-state index in [1.54, 1.807) is 13.2 Å². The molecule has 2 unspecified atom stereocenters. The van der Waals surface area contributed by atoms with E-state index in [0.717, 1.165) is 17.5 Å². The molecule has 3 atom stereocenters. The maximum atomic E-state index is 12.9. The summed E-state index contributed by atoms with van der Waals surface area (Å²) in [5.74, 6) is 2.11. The Morgan fingerprint density at radius 2 is 1.87 bits per heavy atom. The van der Waals surface area contributed by atoms with Gasteiger partial charge >= 0.3 is 14.0 Å². The highest BCUT2D eigenvalue weighted by molar-refractivity contribution is 5.99. The molecular formula is C22H23BNO7+. The number of hydrogen-bond donors (Lipinski definition) is 0. The lowest BCUT2D eigenvalue weighted by Crippen LogP contribution is -2.51. The molecule has 31 heavy (non-hydrogen) atoms. The SMILES string of the molecule is [B][N+]1(C)CCc2cc3c(c(OC)c2[C@@H]1C1OC(=O)c2c1ccc(OC)c2OC)OCO3. The van der Waals surface area contributed by atoms with Crippen LogP contribution >= 0.6 is 0 Å². The van der Waals surface area contributed by atoms with Gasteiger partial charge in [0.2, 0.25) is 12.5 Å². The Morgan fingerprint density at radius 1 is 1.10 bits per heavy atom. The number of likely N-dealkylation sites (N-methyl/N-ethyl adjacent to an activating group) is 1. The van der Waals surface area contributed by atoms with Crippen LogP contribution in [-0.2, 0) is 11.2 Å². The summed E-state index contributed by atoms with van der Waals surface area (Å²) in [7, 11) is 13.3. The molecule has 160 valence electrons. The summed E-state index contributed by atoms with van der Waals surface area (Å²) in [5.41, 5.74) is 2.97. The van der Waals surface area contributed by atoms with E-state index in [1.807, 2.05) is 19.2 Å². The van der Waals surface area contributed by atoms with Crippen LogP contribution in [0.5, 0.6) is 28.7 Å². The van der Waals surface area contributed by atoms with E-state index in [2.05, 4.69) is 0 Å². The van der Waals surface area contributed by atoms with E-state index in [9.17, 15) is 4.79 Å². The van der Waals surface area contributed by atoms with Crippen LogP contribution in [0.2, 0.25) is 0 Å². The molecule has 0 spiro atoms. The van der Waals surface area contributed by atoms with Crippen molar-refractivity contribution in [2.75, 3.05) is 41.7 Å². The third-order valence-corrected chi connectivity index (χ3v) is 6.35. The number of nitrogens with zero attached hydrogens (tertiary/aromatic N) is 1. The summed E-state index contributed by atoms with van der Waals surface area (Å²) >= 11 is 0. The lowest BCUT2D eigenvalue weighted by molar-refractivity contribution is -0.837. The van der Waals surface area contributed by atoms with Gasteiger partial charge in [-0.3, -0.25) is 0 Å². The van der Waals surface area contributed by atoms with E-state index < -0.39 is 18.1 Å². The van der Waals surface area contributed by atoms with Crippen molar-refractivity contribution < 1.29 is 37.6 Å². The van der Waals surface area contributed by atoms with Gasteiger partial charge in [-0.25, -0.2) is 4.79 Å². The lowest BCUT2D eigenvalue weighted by atomic mass is 9.81. The fraction of sp³-hybridized carbons (Fsp3) is 0.409. The minimum Gasteiger partial charge on any atom is -0.493 e. The second-order valence-electron chi connectivity index (χ2n) is 8.07. The summed E-state index contributed by atoms with van der Waals surface area (Å²) < 4.78 is 34.0. The summed E-state index contributed by atoms with van der Waals surface area (Å²) in [6.07, 6.45) is 0.0938. The standard InChI is InChI=1S/C22H23BNO7/c1-24(23)8-7-11-9-14-20(30-10-29-14)21(28-4)15(11)17(24)18-12-5-6-13(26-2)19(27-3)16(12)22(25)31-18/h5-6,9,17-18H,7-8,10H2,1-4H3/q+1/t17-,18?,24?/m1/s1. The second-order valence-corrected chi connectivity index (χ2v) is 8.07. The quantitative estimate of drug-likeness (QED) is 0.552. The van der Waals surface area contributed by atoms with Crippen molar-refractivity contribution in [3.63, 3.8) is 0 Å². The molecule has 0 N–H and O–H groups in total. The Balaban J connectivity index is 1.72. The Labute approximate surface area is 181 Å². The van der Waals surface area contributed by atoms with Gasteiger partial charge in [0.05, 0.1) is 33.4 Å². The first-order valence-corrected chi connectivity index (χ1v) is 10.00. The van der Waals surface area contributed by atoms with Gasteiger partial charge < -0.3 is 32.8 Å². The number of cyclic esters (lactones) is 1. The van der Waals surface area contributed by atoms with Gasteiger partial charge in [-0.05, 0) is 17.7 Å². The maximum absolute atomic E-state index is 12.9. The molecule has 5 rings (SSSR count). The molecule has 0 saturated carbocycles. The normalized spacial score (nSPS) is 25.5. The van der Waals surface area contributed by atoms with Crippen molar-refractivity contribution in [2.24, 2.45) is 0 Å². The van der Waals surface area contributed by atoms with Crippen LogP contribution < -0.4 is 23.7 Å². The third kappa shape index (κ3) is 2.76. The number of rotatable bonds is 4. The largest absolute Gasteiger partial charge is 0.493 e. The van der Waals surface area contributed by atoms with E-state index in [-0.39, 0.29) is 11.2 Å². The number of esters is 1. The molecule has 3 aliphatic heterocycles. The predicted octanol–water partition coefficient (Wildman–Crippen LogP) is 2.48. The number of hydrogen-bond acceptors (Lipinski definition) is 7. The molecule has 2 aromatic rings. The van der Waals surface area contributed by atoms with Crippen LogP contribution in [0.25, 0.3) is 0 Å². The van der Waals surface area contributed by atoms with Gasteiger partial charge in [-0.15, -0.1) is 0 Å². The molecule has 2 radical (unpaired) electrons. The summed E-state index contributed by atoms with van der Waals surface area (Å²) in [6.45, 7) is 0.781. The van der Waals surface area contributed by atoms with E-state index in [1.165, 1.54) is 14.2 Å². The zero-order valence-corrected chi connectivity index (χ0v) is 17.9. The first-order valence-electron chi connectivity index (χ1n) is 10.00. The molecule has 0 aliphatic carbocycles. The van der Waals surface area contributed by atoms with Gasteiger partial charge in [-0.2, -0.15) is 0 Å². The van der Waals surface area contributed by atoms with Gasteiger partial charge in [0, 0.05) is 19.0 Å². The highest BCUT2D eigenvalue weighted by Gasteiger charge is 2.51. The van der Waals surface area contributed by atoms with Crippen LogP contribution in [0.3, 0.4) is 0 Å². The molecule has 0 amide bonds. The van der Waals surface area contributed by atoms with Crippen LogP contribution in [0, 0.1) is 0 Å². The van der Waals surface area contributed by atoms with Crippen molar-refractivity contribution in [2.45, 2.75) is 18.6 Å². The van der Waals surface area contributed by atoms with Crippen molar-refractivity contribution in [3.8, 4) is 28.7 Å². The van der Waals surface area contributed by atoms with Crippen LogP contribution in [0.15, 0.2) is 18.2 Å². The molecule has 0 fully saturated rings. The molecule has 3 heterocycles. The van der Waals surface area contributed by atoms with Crippen molar-refractivity contribution in [1.82, 2.24) is 0 Å². The van der Waals surface area contributed by atoms with Crippen molar-refractivity contribution >= 4 is 14.0 Å². The number of benzene rings is 2. The van der Waals surface area contributed by atoms with E-state index in [4.69, 9.17) is 36.4 Å². The molecule has 0 saturated heterocycles. The minimum absolute atomic E-state index is 0.120. The van der Waals surface area contributed by atoms with E-state index in [0.29, 0.717) is 46.4 Å². The molecule has 9 heteroatoms. The topological polar surface area (TPSA) is 72.5 Å². The minimum atomic E-state index is -0.634. The van der Waals surface area contributed by atoms with Crippen LogP contribution in [0.1, 0.15) is 39.2 Å². The average Bonchev–Trinajstić information content (AvgIpc) is 3.35. The van der Waals surface area contributed by atoms with Crippen LogP contribution in [-0.4, -0.2) is 60.1 Å². The van der Waals surface area contributed by atoms with E-state index >= 15 is 0 Å². The lowest BCUT2D eigenvalue weighted by Gasteiger charge is -2.46. The highest BCUT2D eigenvalue weighted by Crippen LogP contribution is 2.56. The van der Waals surface area contributed by atoms with Gasteiger partial charge in [0.25, 0.3) is 0 Å².